The third kappa shape index (κ3) is 7.02. The summed E-state index contributed by atoms with van der Waals surface area (Å²) in [5.74, 6) is -1.09. The molecule has 3 aromatic rings. The Morgan fingerprint density at radius 2 is 1.66 bits per heavy atom. The summed E-state index contributed by atoms with van der Waals surface area (Å²) in [6.45, 7) is 3.22. The van der Waals surface area contributed by atoms with E-state index in [9.17, 15) is 19.2 Å². The third-order valence-corrected chi connectivity index (χ3v) is 6.63. The Hall–Kier alpha value is -4.08. The van der Waals surface area contributed by atoms with Crippen LogP contribution in [0.2, 0.25) is 5.02 Å². The number of ether oxygens (including phenoxy) is 1. The standard InChI is InChI=1S/C28H24ClN3O5S/c1-17-6-9-20(10-7-17)30-26(34)16-37-23-11-8-19(13-22(23)29)14-24-27(35)32(28(36)38-24)15-25(33)31-21-5-3-4-18(2)12-21/h3-14H,15-16H2,1-2H3,(H,30,34)(H,31,33)/b24-14-. The Morgan fingerprint density at radius 3 is 2.37 bits per heavy atom. The minimum Gasteiger partial charge on any atom is -0.482 e. The fourth-order valence-electron chi connectivity index (χ4n) is 3.56. The zero-order valence-corrected chi connectivity index (χ0v) is 22.2. The minimum atomic E-state index is -0.566. The number of aryl methyl sites for hydroxylation is 2. The van der Waals surface area contributed by atoms with Gasteiger partial charge in [-0.25, -0.2) is 0 Å². The zero-order chi connectivity index (χ0) is 27.2. The Bertz CT molecular complexity index is 1440. The third-order valence-electron chi connectivity index (χ3n) is 5.42. The summed E-state index contributed by atoms with van der Waals surface area (Å²) >= 11 is 7.06. The molecule has 0 aromatic heterocycles. The van der Waals surface area contributed by atoms with Crippen LogP contribution in [0, 0.1) is 13.8 Å². The van der Waals surface area contributed by atoms with Gasteiger partial charge in [-0.3, -0.25) is 24.1 Å². The number of nitrogens with one attached hydrogen (secondary N) is 2. The maximum atomic E-state index is 12.8. The first kappa shape index (κ1) is 27.0. The second kappa shape index (κ2) is 12.0. The van der Waals surface area contributed by atoms with Crippen LogP contribution in [-0.2, 0) is 14.4 Å². The number of thioether (sulfide) groups is 1. The highest BCUT2D eigenvalue weighted by Gasteiger charge is 2.36. The van der Waals surface area contributed by atoms with E-state index >= 15 is 0 Å². The van der Waals surface area contributed by atoms with Gasteiger partial charge < -0.3 is 15.4 Å². The van der Waals surface area contributed by atoms with Crippen molar-refractivity contribution in [2.24, 2.45) is 0 Å². The van der Waals surface area contributed by atoms with Crippen molar-refractivity contribution in [2.75, 3.05) is 23.8 Å². The topological polar surface area (TPSA) is 105 Å². The van der Waals surface area contributed by atoms with Gasteiger partial charge in [0, 0.05) is 11.4 Å². The molecule has 194 valence electrons. The summed E-state index contributed by atoms with van der Waals surface area (Å²) in [4.78, 5) is 50.8. The molecule has 8 nitrogen and oxygen atoms in total. The summed E-state index contributed by atoms with van der Waals surface area (Å²) < 4.78 is 5.53. The van der Waals surface area contributed by atoms with Crippen LogP contribution in [0.4, 0.5) is 16.2 Å². The molecule has 0 unspecified atom stereocenters. The van der Waals surface area contributed by atoms with Crippen molar-refractivity contribution in [3.8, 4) is 5.75 Å². The first-order valence-electron chi connectivity index (χ1n) is 11.6. The Labute approximate surface area is 229 Å². The zero-order valence-electron chi connectivity index (χ0n) is 20.6. The van der Waals surface area contributed by atoms with E-state index in [0.29, 0.717) is 22.7 Å². The molecule has 0 atom stereocenters. The number of hydrogen-bond acceptors (Lipinski definition) is 6. The number of nitrogens with zero attached hydrogens (tertiary/aromatic N) is 1. The number of carbonyl (C=O) groups excluding carboxylic acids is 4. The lowest BCUT2D eigenvalue weighted by Crippen LogP contribution is -2.36. The predicted molar refractivity (Wildman–Crippen MR) is 149 cm³/mol. The van der Waals surface area contributed by atoms with Crippen LogP contribution in [0.1, 0.15) is 16.7 Å². The van der Waals surface area contributed by atoms with Crippen molar-refractivity contribution in [3.63, 3.8) is 0 Å². The number of anilines is 2. The van der Waals surface area contributed by atoms with Crippen LogP contribution >= 0.6 is 23.4 Å². The molecule has 0 spiro atoms. The fourth-order valence-corrected chi connectivity index (χ4v) is 4.64. The van der Waals surface area contributed by atoms with Gasteiger partial charge in [-0.15, -0.1) is 0 Å². The molecule has 2 N–H and O–H groups in total. The molecule has 10 heteroatoms. The van der Waals surface area contributed by atoms with Gasteiger partial charge in [0.05, 0.1) is 9.93 Å². The smallest absolute Gasteiger partial charge is 0.294 e. The monoisotopic (exact) mass is 549 g/mol. The molecular weight excluding hydrogens is 526 g/mol. The molecule has 1 aliphatic rings. The highest BCUT2D eigenvalue weighted by Crippen LogP contribution is 2.33. The van der Waals surface area contributed by atoms with Crippen molar-refractivity contribution in [1.82, 2.24) is 4.90 Å². The second-order valence-corrected chi connectivity index (χ2v) is 9.98. The molecule has 1 aliphatic heterocycles. The number of rotatable bonds is 8. The van der Waals surface area contributed by atoms with Crippen molar-refractivity contribution >= 4 is 63.8 Å². The molecule has 4 rings (SSSR count). The lowest BCUT2D eigenvalue weighted by atomic mass is 10.2. The average molecular weight is 550 g/mol. The van der Waals surface area contributed by atoms with Gasteiger partial charge in [-0.2, -0.15) is 0 Å². The van der Waals surface area contributed by atoms with E-state index in [2.05, 4.69) is 10.6 Å². The molecular formula is C28H24ClN3O5S. The maximum absolute atomic E-state index is 12.8. The summed E-state index contributed by atoms with van der Waals surface area (Å²) in [7, 11) is 0. The Balaban J connectivity index is 1.34. The van der Waals surface area contributed by atoms with Gasteiger partial charge in [-0.05, 0) is 79.2 Å². The Morgan fingerprint density at radius 1 is 0.921 bits per heavy atom. The second-order valence-electron chi connectivity index (χ2n) is 8.58. The van der Waals surface area contributed by atoms with E-state index in [1.807, 2.05) is 32.0 Å². The summed E-state index contributed by atoms with van der Waals surface area (Å²) in [6.07, 6.45) is 1.52. The highest BCUT2D eigenvalue weighted by atomic mass is 35.5. The normalized spacial score (nSPS) is 14.1. The lowest BCUT2D eigenvalue weighted by molar-refractivity contribution is -0.127. The van der Waals surface area contributed by atoms with Crippen molar-refractivity contribution in [2.45, 2.75) is 13.8 Å². The molecule has 1 heterocycles. The van der Waals surface area contributed by atoms with E-state index in [0.717, 1.165) is 27.8 Å². The number of imide groups is 1. The van der Waals surface area contributed by atoms with E-state index in [1.54, 1.807) is 48.5 Å². The molecule has 1 fully saturated rings. The van der Waals surface area contributed by atoms with Gasteiger partial charge in [0.1, 0.15) is 12.3 Å². The van der Waals surface area contributed by atoms with Crippen LogP contribution in [0.25, 0.3) is 6.08 Å². The van der Waals surface area contributed by atoms with E-state index < -0.39 is 23.6 Å². The molecule has 1 saturated heterocycles. The van der Waals surface area contributed by atoms with Gasteiger partial charge in [0.25, 0.3) is 17.1 Å². The predicted octanol–water partition coefficient (Wildman–Crippen LogP) is 5.65. The molecule has 4 amide bonds. The summed E-state index contributed by atoms with van der Waals surface area (Å²) in [6, 6.07) is 19.4. The van der Waals surface area contributed by atoms with Crippen molar-refractivity contribution in [3.05, 3.63) is 93.3 Å². The lowest BCUT2D eigenvalue weighted by Gasteiger charge is -2.12. The van der Waals surface area contributed by atoms with Gasteiger partial charge in [-0.1, -0.05) is 47.5 Å². The first-order valence-corrected chi connectivity index (χ1v) is 12.8. The SMILES string of the molecule is Cc1ccc(NC(=O)COc2ccc(/C=C3\SC(=O)N(CC(=O)Nc4cccc(C)c4)C3=O)cc2Cl)cc1. The van der Waals surface area contributed by atoms with E-state index in [4.69, 9.17) is 16.3 Å². The number of halogens is 1. The molecule has 0 radical (unpaired) electrons. The van der Waals surface area contributed by atoms with Gasteiger partial charge >= 0.3 is 0 Å². The first-order chi connectivity index (χ1) is 18.2. The number of amides is 4. The fraction of sp³-hybridized carbons (Fsp3) is 0.143. The maximum Gasteiger partial charge on any atom is 0.294 e. The van der Waals surface area contributed by atoms with Crippen LogP contribution in [0.5, 0.6) is 5.75 Å². The number of benzene rings is 3. The molecule has 0 bridgehead atoms. The summed E-state index contributed by atoms with van der Waals surface area (Å²) in [5, 5.41) is 5.13. The molecule has 3 aromatic carbocycles. The number of carbonyl (C=O) groups is 4. The quantitative estimate of drug-likeness (QED) is 0.352. The minimum absolute atomic E-state index is 0.167. The molecule has 0 saturated carbocycles. The number of hydrogen-bond donors (Lipinski definition) is 2. The average Bonchev–Trinajstić information content (AvgIpc) is 3.12. The van der Waals surface area contributed by atoms with Crippen LogP contribution < -0.4 is 15.4 Å². The van der Waals surface area contributed by atoms with E-state index in [-0.39, 0.29) is 22.4 Å². The van der Waals surface area contributed by atoms with Gasteiger partial charge in [0.2, 0.25) is 5.91 Å². The van der Waals surface area contributed by atoms with Crippen LogP contribution in [0.3, 0.4) is 0 Å². The van der Waals surface area contributed by atoms with Crippen LogP contribution in [-0.4, -0.2) is 41.0 Å². The van der Waals surface area contributed by atoms with Crippen molar-refractivity contribution < 1.29 is 23.9 Å². The Kier molecular flexibility index (Phi) is 8.50. The van der Waals surface area contributed by atoms with E-state index in [1.165, 1.54) is 6.08 Å². The molecule has 0 aliphatic carbocycles. The van der Waals surface area contributed by atoms with Gasteiger partial charge in [0.15, 0.2) is 6.61 Å². The highest BCUT2D eigenvalue weighted by molar-refractivity contribution is 8.18. The van der Waals surface area contributed by atoms with Crippen LogP contribution in [0.15, 0.2) is 71.6 Å². The largest absolute Gasteiger partial charge is 0.482 e. The summed E-state index contributed by atoms with van der Waals surface area (Å²) in [5.41, 5.74) is 3.85. The molecule has 38 heavy (non-hydrogen) atoms. The van der Waals surface area contributed by atoms with Crippen molar-refractivity contribution in [1.29, 1.82) is 0 Å².